The van der Waals surface area contributed by atoms with E-state index in [1.807, 2.05) is 30.3 Å². The summed E-state index contributed by atoms with van der Waals surface area (Å²) < 4.78 is 5.04. The molecule has 6 nitrogen and oxygen atoms in total. The Kier molecular flexibility index (Phi) is 7.37. The molecule has 0 spiro atoms. The zero-order chi connectivity index (χ0) is 19.8. The third-order valence-electron chi connectivity index (χ3n) is 3.86. The first-order valence-electron chi connectivity index (χ1n) is 8.39. The van der Waals surface area contributed by atoms with E-state index in [4.69, 9.17) is 16.3 Å². The molecule has 142 valence electrons. The van der Waals surface area contributed by atoms with Crippen LogP contribution in [0.3, 0.4) is 0 Å². The van der Waals surface area contributed by atoms with Gasteiger partial charge < -0.3 is 15.4 Å². The summed E-state index contributed by atoms with van der Waals surface area (Å²) in [6.07, 6.45) is -0.0763. The standard InChI is InChI=1S/C20H21ClN2O4/c1-13-16(21)9-6-10-17(13)23-19(25)12-27-20(26)11-18(22-14(2)24)15-7-4-3-5-8-15/h3-10,18H,11-12H2,1-2H3,(H,22,24)(H,23,25)/t18-/m1/s1. The summed E-state index contributed by atoms with van der Waals surface area (Å²) >= 11 is 6.01. The fraction of sp³-hybridized carbons (Fsp3) is 0.250. The molecule has 2 aromatic carbocycles. The summed E-state index contributed by atoms with van der Waals surface area (Å²) in [5.74, 6) is -1.31. The van der Waals surface area contributed by atoms with Crippen LogP contribution in [-0.2, 0) is 19.1 Å². The van der Waals surface area contributed by atoms with Crippen LogP contribution in [0.5, 0.6) is 0 Å². The van der Waals surface area contributed by atoms with Crippen molar-refractivity contribution < 1.29 is 19.1 Å². The minimum Gasteiger partial charge on any atom is -0.455 e. The van der Waals surface area contributed by atoms with Gasteiger partial charge in [0, 0.05) is 17.6 Å². The van der Waals surface area contributed by atoms with Gasteiger partial charge in [-0.25, -0.2) is 0 Å². The van der Waals surface area contributed by atoms with Crippen molar-refractivity contribution in [2.45, 2.75) is 26.3 Å². The lowest BCUT2D eigenvalue weighted by atomic mass is 10.0. The van der Waals surface area contributed by atoms with Crippen LogP contribution in [0.2, 0.25) is 5.02 Å². The van der Waals surface area contributed by atoms with Gasteiger partial charge in [-0.1, -0.05) is 48.0 Å². The second kappa shape index (κ2) is 9.73. The van der Waals surface area contributed by atoms with Gasteiger partial charge in [-0.3, -0.25) is 14.4 Å². The molecule has 0 unspecified atom stereocenters. The first kappa shape index (κ1) is 20.5. The van der Waals surface area contributed by atoms with Gasteiger partial charge in [-0.2, -0.15) is 0 Å². The fourth-order valence-corrected chi connectivity index (χ4v) is 2.66. The van der Waals surface area contributed by atoms with Gasteiger partial charge in [0.05, 0.1) is 12.5 Å². The molecular weight excluding hydrogens is 368 g/mol. The van der Waals surface area contributed by atoms with E-state index in [1.54, 1.807) is 25.1 Å². The molecule has 0 aliphatic carbocycles. The molecule has 0 saturated carbocycles. The van der Waals surface area contributed by atoms with Crippen LogP contribution in [0.25, 0.3) is 0 Å². The van der Waals surface area contributed by atoms with Crippen molar-refractivity contribution >= 4 is 35.1 Å². The molecule has 7 heteroatoms. The Morgan fingerprint density at radius 3 is 2.44 bits per heavy atom. The highest BCUT2D eigenvalue weighted by molar-refractivity contribution is 6.31. The monoisotopic (exact) mass is 388 g/mol. The van der Waals surface area contributed by atoms with Crippen molar-refractivity contribution in [3.63, 3.8) is 0 Å². The van der Waals surface area contributed by atoms with Crippen LogP contribution in [0.15, 0.2) is 48.5 Å². The maximum atomic E-state index is 12.1. The van der Waals surface area contributed by atoms with Crippen LogP contribution in [0, 0.1) is 6.92 Å². The smallest absolute Gasteiger partial charge is 0.308 e. The summed E-state index contributed by atoms with van der Waals surface area (Å²) in [6.45, 7) is 2.73. The Labute approximate surface area is 162 Å². The Morgan fingerprint density at radius 2 is 1.78 bits per heavy atom. The largest absolute Gasteiger partial charge is 0.455 e. The van der Waals surface area contributed by atoms with Gasteiger partial charge in [0.25, 0.3) is 5.91 Å². The highest BCUT2D eigenvalue weighted by Gasteiger charge is 2.19. The molecule has 0 heterocycles. The number of hydrogen-bond donors (Lipinski definition) is 2. The number of anilines is 1. The molecule has 0 bridgehead atoms. The molecule has 2 N–H and O–H groups in total. The molecule has 0 aromatic heterocycles. The third-order valence-corrected chi connectivity index (χ3v) is 4.27. The molecule has 0 radical (unpaired) electrons. The molecule has 0 saturated heterocycles. The van der Waals surface area contributed by atoms with Crippen LogP contribution in [0.4, 0.5) is 5.69 Å². The van der Waals surface area contributed by atoms with Crippen LogP contribution >= 0.6 is 11.6 Å². The Morgan fingerprint density at radius 1 is 1.07 bits per heavy atom. The molecule has 0 aliphatic heterocycles. The van der Waals surface area contributed by atoms with E-state index in [1.165, 1.54) is 6.92 Å². The summed E-state index contributed by atoms with van der Waals surface area (Å²) in [6, 6.07) is 13.7. The van der Waals surface area contributed by atoms with E-state index in [2.05, 4.69) is 10.6 Å². The van der Waals surface area contributed by atoms with Gasteiger partial charge in [-0.05, 0) is 30.2 Å². The number of halogens is 1. The molecular formula is C20H21ClN2O4. The number of rotatable bonds is 7. The molecule has 27 heavy (non-hydrogen) atoms. The molecule has 2 rings (SSSR count). The normalized spacial score (nSPS) is 11.4. The van der Waals surface area contributed by atoms with Crippen molar-refractivity contribution in [2.75, 3.05) is 11.9 Å². The van der Waals surface area contributed by atoms with E-state index in [9.17, 15) is 14.4 Å². The van der Waals surface area contributed by atoms with Gasteiger partial charge >= 0.3 is 5.97 Å². The number of carbonyl (C=O) groups is 3. The second-order valence-corrected chi connectivity index (χ2v) is 6.40. The predicted molar refractivity (Wildman–Crippen MR) is 103 cm³/mol. The van der Waals surface area contributed by atoms with E-state index in [-0.39, 0.29) is 12.3 Å². The third kappa shape index (κ3) is 6.42. The van der Waals surface area contributed by atoms with E-state index < -0.39 is 24.5 Å². The first-order valence-corrected chi connectivity index (χ1v) is 8.77. The van der Waals surface area contributed by atoms with Gasteiger partial charge in [0.2, 0.25) is 5.91 Å². The maximum Gasteiger partial charge on any atom is 0.308 e. The lowest BCUT2D eigenvalue weighted by Crippen LogP contribution is -2.29. The predicted octanol–water partition coefficient (Wildman–Crippen LogP) is 3.40. The van der Waals surface area contributed by atoms with Crippen molar-refractivity contribution in [3.05, 3.63) is 64.7 Å². The molecule has 0 fully saturated rings. The summed E-state index contributed by atoms with van der Waals surface area (Å²) in [4.78, 5) is 35.5. The average molecular weight is 389 g/mol. The van der Waals surface area contributed by atoms with Crippen LogP contribution in [-0.4, -0.2) is 24.4 Å². The number of carbonyl (C=O) groups excluding carboxylic acids is 3. The lowest BCUT2D eigenvalue weighted by Gasteiger charge is -2.17. The van der Waals surface area contributed by atoms with Crippen LogP contribution in [0.1, 0.15) is 30.5 Å². The maximum absolute atomic E-state index is 12.1. The number of esters is 1. The summed E-state index contributed by atoms with van der Waals surface area (Å²) in [7, 11) is 0. The second-order valence-electron chi connectivity index (χ2n) is 5.99. The highest BCUT2D eigenvalue weighted by Crippen LogP contribution is 2.23. The average Bonchev–Trinajstić information content (AvgIpc) is 2.64. The number of hydrogen-bond acceptors (Lipinski definition) is 4. The van der Waals surface area contributed by atoms with Gasteiger partial charge in [0.15, 0.2) is 6.61 Å². The number of ether oxygens (including phenoxy) is 1. The van der Waals surface area contributed by atoms with Crippen molar-refractivity contribution in [1.29, 1.82) is 0 Å². The van der Waals surface area contributed by atoms with Crippen molar-refractivity contribution in [3.8, 4) is 0 Å². The Bertz CT molecular complexity index is 824. The van der Waals surface area contributed by atoms with Crippen molar-refractivity contribution in [1.82, 2.24) is 5.32 Å². The summed E-state index contributed by atoms with van der Waals surface area (Å²) in [5.41, 5.74) is 2.07. The Hall–Kier alpha value is -2.86. The minimum absolute atomic E-state index is 0.0763. The minimum atomic E-state index is -0.587. The quantitative estimate of drug-likeness (QED) is 0.712. The fourth-order valence-electron chi connectivity index (χ4n) is 2.48. The topological polar surface area (TPSA) is 84.5 Å². The SMILES string of the molecule is CC(=O)N[C@H](CC(=O)OCC(=O)Nc1cccc(Cl)c1C)c1ccccc1. The molecule has 2 aromatic rings. The molecule has 1 atom stereocenters. The molecule has 0 aliphatic rings. The van der Waals surface area contributed by atoms with Crippen LogP contribution < -0.4 is 10.6 Å². The van der Waals surface area contributed by atoms with Gasteiger partial charge in [0.1, 0.15) is 0 Å². The summed E-state index contributed by atoms with van der Waals surface area (Å²) in [5, 5.41) is 5.90. The highest BCUT2D eigenvalue weighted by atomic mass is 35.5. The lowest BCUT2D eigenvalue weighted by molar-refractivity contribution is -0.148. The Balaban J connectivity index is 1.90. The van der Waals surface area contributed by atoms with E-state index >= 15 is 0 Å². The van der Waals surface area contributed by atoms with E-state index in [0.29, 0.717) is 10.7 Å². The molecule has 2 amide bonds. The zero-order valence-electron chi connectivity index (χ0n) is 15.1. The van der Waals surface area contributed by atoms with Crippen molar-refractivity contribution in [2.24, 2.45) is 0 Å². The number of nitrogens with one attached hydrogen (secondary N) is 2. The zero-order valence-corrected chi connectivity index (χ0v) is 15.9. The number of benzene rings is 2. The first-order chi connectivity index (χ1) is 12.9. The number of amides is 2. The van der Waals surface area contributed by atoms with E-state index in [0.717, 1.165) is 11.1 Å². The van der Waals surface area contributed by atoms with Gasteiger partial charge in [-0.15, -0.1) is 0 Å².